The minimum Gasteiger partial charge on any atom is -0.379 e. The van der Waals surface area contributed by atoms with Gasteiger partial charge in [0.05, 0.1) is 19.8 Å². The first kappa shape index (κ1) is 16.8. The van der Waals surface area contributed by atoms with E-state index in [1.54, 1.807) is 7.11 Å². The van der Waals surface area contributed by atoms with E-state index in [1.807, 2.05) is 10.3 Å². The third-order valence-electron chi connectivity index (χ3n) is 4.77. The topological polar surface area (TPSA) is 54.9 Å². The fourth-order valence-electron chi connectivity index (χ4n) is 3.50. The fraction of sp³-hybridized carbons (Fsp3) is 0.750. The van der Waals surface area contributed by atoms with Crippen molar-refractivity contribution >= 4 is 17.2 Å². The summed E-state index contributed by atoms with van der Waals surface area (Å²) in [6, 6.07) is 0.449. The van der Waals surface area contributed by atoms with Crippen molar-refractivity contribution in [2.75, 3.05) is 46.5 Å². The van der Waals surface area contributed by atoms with E-state index >= 15 is 0 Å². The zero-order chi connectivity index (χ0) is 16.2. The number of aromatic nitrogens is 1. The Bertz CT molecular complexity index is 530. The molecule has 6 nitrogen and oxygen atoms in total. The predicted octanol–water partition coefficient (Wildman–Crippen LogP) is 1.47. The number of carbonyl (C=O) groups is 1. The first-order chi connectivity index (χ1) is 11.2. The second kappa shape index (κ2) is 7.70. The highest BCUT2D eigenvalue weighted by atomic mass is 32.1. The van der Waals surface area contributed by atoms with Gasteiger partial charge in [-0.25, -0.2) is 4.98 Å². The van der Waals surface area contributed by atoms with Gasteiger partial charge in [0.1, 0.15) is 10.7 Å². The number of methoxy groups -OCH3 is 1. The average Bonchev–Trinajstić information content (AvgIpc) is 3.22. The highest BCUT2D eigenvalue weighted by Crippen LogP contribution is 2.27. The Morgan fingerprint density at radius 2 is 2.22 bits per heavy atom. The number of ether oxygens (including phenoxy) is 2. The van der Waals surface area contributed by atoms with Crippen molar-refractivity contribution in [3.8, 4) is 0 Å². The molecular weight excluding hydrogens is 314 g/mol. The summed E-state index contributed by atoms with van der Waals surface area (Å²) in [6.07, 6.45) is 1.10. The second-order valence-electron chi connectivity index (χ2n) is 6.15. The number of thiazole rings is 1. The van der Waals surface area contributed by atoms with Crippen molar-refractivity contribution in [1.82, 2.24) is 14.8 Å². The summed E-state index contributed by atoms with van der Waals surface area (Å²) in [5.74, 6) is 0.590. The minimum atomic E-state index is 0.0535. The van der Waals surface area contributed by atoms with Crippen molar-refractivity contribution in [2.45, 2.75) is 26.0 Å². The Labute approximate surface area is 141 Å². The van der Waals surface area contributed by atoms with Crippen LogP contribution >= 0.6 is 11.3 Å². The van der Waals surface area contributed by atoms with Gasteiger partial charge in [-0.2, -0.15) is 0 Å². The monoisotopic (exact) mass is 339 g/mol. The van der Waals surface area contributed by atoms with E-state index in [0.717, 1.165) is 50.8 Å². The lowest BCUT2D eigenvalue weighted by atomic mass is 9.99. The third kappa shape index (κ3) is 3.74. The molecule has 0 radical (unpaired) electrons. The molecule has 1 amide bonds. The van der Waals surface area contributed by atoms with Gasteiger partial charge < -0.3 is 14.4 Å². The normalized spacial score (nSPS) is 25.9. The Morgan fingerprint density at radius 3 is 2.91 bits per heavy atom. The number of hydrogen-bond acceptors (Lipinski definition) is 6. The number of morpholine rings is 1. The number of hydrogen-bond donors (Lipinski definition) is 0. The van der Waals surface area contributed by atoms with E-state index in [0.29, 0.717) is 24.3 Å². The third-order valence-corrected chi connectivity index (χ3v) is 5.59. The first-order valence-corrected chi connectivity index (χ1v) is 9.15. The maximum Gasteiger partial charge on any atom is 0.273 e. The number of amides is 1. The molecular formula is C16H25N3O3S. The van der Waals surface area contributed by atoms with Gasteiger partial charge in [0.25, 0.3) is 5.91 Å². The van der Waals surface area contributed by atoms with E-state index in [1.165, 1.54) is 11.3 Å². The second-order valence-corrected chi connectivity index (χ2v) is 7.10. The Kier molecular flexibility index (Phi) is 5.63. The first-order valence-electron chi connectivity index (χ1n) is 8.27. The molecule has 0 aliphatic carbocycles. The number of likely N-dealkylation sites (tertiary alicyclic amines) is 1. The van der Waals surface area contributed by atoms with Crippen LogP contribution in [-0.2, 0) is 16.1 Å². The standard InChI is InChI=1S/C16H25N3O3S/c1-3-12-8-19(9-14(12)18-4-6-22-7-5-18)16(20)13-11-23-15(17-13)10-21-2/h11-12,14H,3-10H2,1-2H3/t12-,14+/m1/s1. The van der Waals surface area contributed by atoms with E-state index in [9.17, 15) is 4.79 Å². The molecule has 0 bridgehead atoms. The summed E-state index contributed by atoms with van der Waals surface area (Å²) in [7, 11) is 1.64. The van der Waals surface area contributed by atoms with Gasteiger partial charge in [0.2, 0.25) is 0 Å². The van der Waals surface area contributed by atoms with Gasteiger partial charge in [0, 0.05) is 44.7 Å². The van der Waals surface area contributed by atoms with E-state index < -0.39 is 0 Å². The van der Waals surface area contributed by atoms with Gasteiger partial charge in [-0.1, -0.05) is 13.3 Å². The average molecular weight is 339 g/mol. The SMILES string of the molecule is CC[C@@H]1CN(C(=O)c2csc(COC)n2)C[C@@H]1N1CCOCC1. The van der Waals surface area contributed by atoms with Crippen molar-refractivity contribution in [1.29, 1.82) is 0 Å². The lowest BCUT2D eigenvalue weighted by molar-refractivity contribution is 0.0102. The quantitative estimate of drug-likeness (QED) is 0.813. The number of carbonyl (C=O) groups excluding carboxylic acids is 1. The summed E-state index contributed by atoms with van der Waals surface area (Å²) < 4.78 is 10.5. The highest BCUT2D eigenvalue weighted by molar-refractivity contribution is 7.09. The van der Waals surface area contributed by atoms with Crippen LogP contribution in [0.1, 0.15) is 28.8 Å². The zero-order valence-electron chi connectivity index (χ0n) is 13.9. The minimum absolute atomic E-state index is 0.0535. The highest BCUT2D eigenvalue weighted by Gasteiger charge is 2.38. The van der Waals surface area contributed by atoms with Crippen LogP contribution in [0.5, 0.6) is 0 Å². The molecule has 0 N–H and O–H groups in total. The molecule has 1 aromatic heterocycles. The zero-order valence-corrected chi connectivity index (χ0v) is 14.7. The molecule has 23 heavy (non-hydrogen) atoms. The van der Waals surface area contributed by atoms with Gasteiger partial charge >= 0.3 is 0 Å². The summed E-state index contributed by atoms with van der Waals surface area (Å²) in [6.45, 7) is 7.84. The Balaban J connectivity index is 1.66. The van der Waals surface area contributed by atoms with Crippen molar-refractivity contribution in [2.24, 2.45) is 5.92 Å². The van der Waals surface area contributed by atoms with Crippen LogP contribution in [0, 0.1) is 5.92 Å². The molecule has 2 atom stereocenters. The van der Waals surface area contributed by atoms with E-state index in [4.69, 9.17) is 9.47 Å². The molecule has 7 heteroatoms. The maximum absolute atomic E-state index is 12.7. The van der Waals surface area contributed by atoms with E-state index in [-0.39, 0.29) is 5.91 Å². The van der Waals surface area contributed by atoms with Crippen LogP contribution in [0.3, 0.4) is 0 Å². The van der Waals surface area contributed by atoms with Gasteiger partial charge in [-0.3, -0.25) is 9.69 Å². The predicted molar refractivity (Wildman–Crippen MR) is 88.7 cm³/mol. The van der Waals surface area contributed by atoms with Crippen molar-refractivity contribution in [3.63, 3.8) is 0 Å². The molecule has 3 rings (SSSR count). The molecule has 2 aliphatic rings. The molecule has 0 saturated carbocycles. The van der Waals surface area contributed by atoms with Crippen LogP contribution in [0.25, 0.3) is 0 Å². The molecule has 2 fully saturated rings. The van der Waals surface area contributed by atoms with Crippen LogP contribution in [-0.4, -0.2) is 73.2 Å². The largest absolute Gasteiger partial charge is 0.379 e. The van der Waals surface area contributed by atoms with Crippen molar-refractivity contribution in [3.05, 3.63) is 16.1 Å². The molecule has 2 saturated heterocycles. The number of nitrogens with zero attached hydrogens (tertiary/aromatic N) is 3. The summed E-state index contributed by atoms with van der Waals surface area (Å²) in [5, 5.41) is 2.70. The van der Waals surface area contributed by atoms with Crippen LogP contribution in [0.15, 0.2) is 5.38 Å². The van der Waals surface area contributed by atoms with Gasteiger partial charge in [0.15, 0.2) is 0 Å². The fourth-order valence-corrected chi connectivity index (χ4v) is 4.24. The molecule has 0 aromatic carbocycles. The van der Waals surface area contributed by atoms with Crippen molar-refractivity contribution < 1.29 is 14.3 Å². The molecule has 0 unspecified atom stereocenters. The van der Waals surface area contributed by atoms with E-state index in [2.05, 4.69) is 16.8 Å². The Hall–Kier alpha value is -1.02. The molecule has 0 spiro atoms. The lowest BCUT2D eigenvalue weighted by Crippen LogP contribution is -2.47. The molecule has 2 aliphatic heterocycles. The summed E-state index contributed by atoms with van der Waals surface area (Å²) in [5.41, 5.74) is 0.555. The molecule has 3 heterocycles. The maximum atomic E-state index is 12.7. The van der Waals surface area contributed by atoms with Crippen LogP contribution in [0.2, 0.25) is 0 Å². The molecule has 128 valence electrons. The van der Waals surface area contributed by atoms with Crippen LogP contribution < -0.4 is 0 Å². The smallest absolute Gasteiger partial charge is 0.273 e. The number of rotatable bonds is 5. The van der Waals surface area contributed by atoms with Gasteiger partial charge in [-0.05, 0) is 5.92 Å². The summed E-state index contributed by atoms with van der Waals surface area (Å²) >= 11 is 1.49. The van der Waals surface area contributed by atoms with Gasteiger partial charge in [-0.15, -0.1) is 11.3 Å². The summed E-state index contributed by atoms with van der Waals surface area (Å²) in [4.78, 5) is 21.6. The lowest BCUT2D eigenvalue weighted by Gasteiger charge is -2.34. The Morgan fingerprint density at radius 1 is 1.43 bits per heavy atom. The molecule has 1 aromatic rings. The van der Waals surface area contributed by atoms with Crippen LogP contribution in [0.4, 0.5) is 0 Å².